The van der Waals surface area contributed by atoms with E-state index in [2.05, 4.69) is 10.4 Å². The normalized spacial score (nSPS) is 12.3. The number of carbonyl (C=O) groups is 1. The Morgan fingerprint density at radius 2 is 2.14 bits per heavy atom. The second-order valence-electron chi connectivity index (χ2n) is 4.78. The molecule has 0 aliphatic rings. The van der Waals surface area contributed by atoms with Gasteiger partial charge in [-0.25, -0.2) is 9.48 Å². The molecule has 0 amide bonds. The molecule has 118 valence electrons. The topological polar surface area (TPSA) is 82.4 Å². The monoisotopic (exact) mass is 317 g/mol. The van der Waals surface area contributed by atoms with Gasteiger partial charge in [-0.1, -0.05) is 25.4 Å². The Hall–Kier alpha value is -1.60. The average Bonchev–Trinajstić information content (AvgIpc) is 2.46. The Bertz CT molecular complexity index is 545. The fraction of sp³-hybridized carbons (Fsp3) is 0.615. The van der Waals surface area contributed by atoms with Crippen molar-refractivity contribution in [3.8, 4) is 0 Å². The summed E-state index contributed by atoms with van der Waals surface area (Å²) in [5, 5.41) is 6.89. The summed E-state index contributed by atoms with van der Waals surface area (Å²) < 4.78 is 10.8. The molecule has 0 aromatic carbocycles. The minimum absolute atomic E-state index is 0.0179. The van der Waals surface area contributed by atoms with Gasteiger partial charge in [0, 0.05) is 7.11 Å². The van der Waals surface area contributed by atoms with Crippen molar-refractivity contribution in [1.29, 1.82) is 0 Å². The van der Waals surface area contributed by atoms with Crippen LogP contribution in [0.5, 0.6) is 0 Å². The summed E-state index contributed by atoms with van der Waals surface area (Å²) in [6, 6.07) is -0.608. The molecule has 1 aromatic heterocycles. The second kappa shape index (κ2) is 7.99. The molecule has 1 aromatic rings. The highest BCUT2D eigenvalue weighted by molar-refractivity contribution is 6.33. The van der Waals surface area contributed by atoms with Crippen LogP contribution in [0.1, 0.15) is 13.8 Å². The first-order valence-electron chi connectivity index (χ1n) is 6.51. The van der Waals surface area contributed by atoms with Crippen LogP contribution in [-0.4, -0.2) is 42.6 Å². The zero-order valence-electron chi connectivity index (χ0n) is 12.6. The predicted molar refractivity (Wildman–Crippen MR) is 79.6 cm³/mol. The van der Waals surface area contributed by atoms with Crippen LogP contribution in [-0.2, 0) is 20.8 Å². The van der Waals surface area contributed by atoms with Gasteiger partial charge in [0.15, 0.2) is 0 Å². The summed E-state index contributed by atoms with van der Waals surface area (Å²) in [4.78, 5) is 23.8. The second-order valence-corrected chi connectivity index (χ2v) is 5.16. The van der Waals surface area contributed by atoms with E-state index in [1.165, 1.54) is 25.1 Å². The zero-order chi connectivity index (χ0) is 16.0. The fourth-order valence-electron chi connectivity index (χ4n) is 1.69. The number of rotatable bonds is 7. The average molecular weight is 318 g/mol. The Morgan fingerprint density at radius 1 is 1.48 bits per heavy atom. The van der Waals surface area contributed by atoms with E-state index in [9.17, 15) is 9.59 Å². The van der Waals surface area contributed by atoms with E-state index in [0.717, 1.165) is 0 Å². The van der Waals surface area contributed by atoms with Crippen LogP contribution in [0.25, 0.3) is 0 Å². The number of anilines is 1. The highest BCUT2D eigenvalue weighted by Crippen LogP contribution is 2.19. The van der Waals surface area contributed by atoms with Gasteiger partial charge in [0.25, 0.3) is 5.56 Å². The van der Waals surface area contributed by atoms with Crippen LogP contribution in [0, 0.1) is 5.92 Å². The molecule has 0 spiro atoms. The van der Waals surface area contributed by atoms with Crippen LogP contribution in [0.2, 0.25) is 5.02 Å². The minimum Gasteiger partial charge on any atom is -0.467 e. The molecule has 7 nitrogen and oxygen atoms in total. The largest absolute Gasteiger partial charge is 0.467 e. The van der Waals surface area contributed by atoms with Gasteiger partial charge in [-0.05, 0) is 5.92 Å². The van der Waals surface area contributed by atoms with E-state index in [0.29, 0.717) is 18.8 Å². The first-order chi connectivity index (χ1) is 9.92. The van der Waals surface area contributed by atoms with Crippen molar-refractivity contribution in [3.63, 3.8) is 0 Å². The third-order valence-electron chi connectivity index (χ3n) is 2.92. The van der Waals surface area contributed by atoms with Gasteiger partial charge < -0.3 is 14.8 Å². The van der Waals surface area contributed by atoms with Crippen molar-refractivity contribution in [1.82, 2.24) is 9.78 Å². The van der Waals surface area contributed by atoms with Gasteiger partial charge in [0.2, 0.25) is 0 Å². The Balaban J connectivity index is 3.01. The quantitative estimate of drug-likeness (QED) is 0.760. The van der Waals surface area contributed by atoms with Crippen LogP contribution < -0.4 is 10.9 Å². The summed E-state index contributed by atoms with van der Waals surface area (Å²) >= 11 is 6.05. The molecule has 0 aliphatic carbocycles. The molecule has 0 radical (unpaired) electrons. The van der Waals surface area contributed by atoms with Crippen molar-refractivity contribution < 1.29 is 14.3 Å². The molecular formula is C13H20ClN3O4. The number of ether oxygens (including phenoxy) is 2. The number of hydrogen-bond acceptors (Lipinski definition) is 6. The highest BCUT2D eigenvalue weighted by atomic mass is 35.5. The lowest BCUT2D eigenvalue weighted by Crippen LogP contribution is -2.36. The summed E-state index contributed by atoms with van der Waals surface area (Å²) in [6.45, 7) is 4.37. The number of halogens is 1. The molecule has 0 bridgehead atoms. The number of nitrogens with zero attached hydrogens (tertiary/aromatic N) is 2. The summed E-state index contributed by atoms with van der Waals surface area (Å²) in [7, 11) is 2.84. The van der Waals surface area contributed by atoms with Crippen LogP contribution in [0.4, 0.5) is 5.69 Å². The molecule has 21 heavy (non-hydrogen) atoms. The van der Waals surface area contributed by atoms with Crippen LogP contribution in [0.15, 0.2) is 11.0 Å². The lowest BCUT2D eigenvalue weighted by Gasteiger charge is -2.21. The minimum atomic E-state index is -0.608. The number of nitrogens with one attached hydrogen (secondary N) is 1. The van der Waals surface area contributed by atoms with Gasteiger partial charge in [-0.2, -0.15) is 5.10 Å². The number of methoxy groups -OCH3 is 2. The number of hydrogen-bond donors (Lipinski definition) is 1. The number of esters is 1. The highest BCUT2D eigenvalue weighted by Gasteiger charge is 2.24. The van der Waals surface area contributed by atoms with E-state index in [4.69, 9.17) is 21.1 Å². The van der Waals surface area contributed by atoms with Gasteiger partial charge in [-0.15, -0.1) is 0 Å². The van der Waals surface area contributed by atoms with Crippen molar-refractivity contribution in [2.45, 2.75) is 26.4 Å². The molecule has 0 saturated carbocycles. The SMILES string of the molecule is COCCn1ncc(NC(C(=O)OC)C(C)C)c(Cl)c1=O. The first kappa shape index (κ1) is 17.5. The molecule has 1 heterocycles. The van der Waals surface area contributed by atoms with Crippen LogP contribution in [0.3, 0.4) is 0 Å². The van der Waals surface area contributed by atoms with Crippen molar-refractivity contribution in [3.05, 3.63) is 21.6 Å². The molecule has 0 saturated heterocycles. The van der Waals surface area contributed by atoms with Gasteiger partial charge in [-0.3, -0.25) is 4.79 Å². The molecule has 0 fully saturated rings. The molecule has 1 unspecified atom stereocenters. The molecular weight excluding hydrogens is 298 g/mol. The maximum Gasteiger partial charge on any atom is 0.328 e. The number of aromatic nitrogens is 2. The maximum absolute atomic E-state index is 12.0. The molecule has 8 heteroatoms. The fourth-order valence-corrected chi connectivity index (χ4v) is 1.90. The van der Waals surface area contributed by atoms with E-state index in [1.807, 2.05) is 13.8 Å². The smallest absolute Gasteiger partial charge is 0.328 e. The van der Waals surface area contributed by atoms with E-state index in [-0.39, 0.29) is 10.9 Å². The van der Waals surface area contributed by atoms with Gasteiger partial charge in [0.05, 0.1) is 32.1 Å². The third kappa shape index (κ3) is 4.44. The number of carbonyl (C=O) groups excluding carboxylic acids is 1. The predicted octanol–water partition coefficient (Wildman–Crippen LogP) is 1.15. The summed E-state index contributed by atoms with van der Waals surface area (Å²) in [5.74, 6) is -0.464. The molecule has 1 N–H and O–H groups in total. The van der Waals surface area contributed by atoms with E-state index < -0.39 is 17.6 Å². The maximum atomic E-state index is 12.0. The summed E-state index contributed by atoms with van der Waals surface area (Å²) in [5.41, 5.74) is -0.134. The van der Waals surface area contributed by atoms with E-state index in [1.54, 1.807) is 0 Å². The van der Waals surface area contributed by atoms with Gasteiger partial charge in [0.1, 0.15) is 11.1 Å². The lowest BCUT2D eigenvalue weighted by atomic mass is 10.0. The molecule has 0 aliphatic heterocycles. The van der Waals surface area contributed by atoms with Crippen molar-refractivity contribution >= 4 is 23.3 Å². The lowest BCUT2D eigenvalue weighted by molar-refractivity contribution is -0.142. The first-order valence-corrected chi connectivity index (χ1v) is 6.89. The Labute approximate surface area is 128 Å². The van der Waals surface area contributed by atoms with Crippen LogP contribution >= 0.6 is 11.6 Å². The zero-order valence-corrected chi connectivity index (χ0v) is 13.3. The Morgan fingerprint density at radius 3 is 2.67 bits per heavy atom. The van der Waals surface area contributed by atoms with Gasteiger partial charge >= 0.3 is 5.97 Å². The third-order valence-corrected chi connectivity index (χ3v) is 3.29. The summed E-state index contributed by atoms with van der Waals surface area (Å²) in [6.07, 6.45) is 1.41. The Kier molecular flexibility index (Phi) is 6.64. The van der Waals surface area contributed by atoms with E-state index >= 15 is 0 Å². The van der Waals surface area contributed by atoms with Crippen molar-refractivity contribution in [2.75, 3.05) is 26.1 Å². The van der Waals surface area contributed by atoms with Crippen molar-refractivity contribution in [2.24, 2.45) is 5.92 Å². The standard InChI is InChI=1S/C13H20ClN3O4/c1-8(2)11(13(19)21-4)16-9-7-15-17(5-6-20-3)12(18)10(9)14/h7-8,11,16H,5-6H2,1-4H3. The molecule has 1 atom stereocenters. The molecule has 1 rings (SSSR count).